The molecule has 1 aromatic rings. The molecule has 5 heteroatoms. The minimum atomic E-state index is -0.152. The minimum absolute atomic E-state index is 0.0196. The topological polar surface area (TPSA) is 67.6 Å². The van der Waals surface area contributed by atoms with Crippen molar-refractivity contribution in [2.75, 3.05) is 33.8 Å². The molecular weight excluding hydrogens is 230 g/mol. The number of benzene rings is 1. The fraction of sp³-hybridized carbons (Fsp3) is 0.462. The van der Waals surface area contributed by atoms with E-state index in [0.29, 0.717) is 13.2 Å². The molecule has 0 radical (unpaired) electrons. The number of hydrogen-bond acceptors (Lipinski definition) is 4. The van der Waals surface area contributed by atoms with E-state index < -0.39 is 0 Å². The van der Waals surface area contributed by atoms with Crippen molar-refractivity contribution in [1.82, 2.24) is 10.2 Å². The molecule has 1 amide bonds. The summed E-state index contributed by atoms with van der Waals surface area (Å²) >= 11 is 0. The minimum Gasteiger partial charge on any atom is -0.492 e. The molecule has 1 aromatic carbocycles. The van der Waals surface area contributed by atoms with Crippen molar-refractivity contribution in [2.24, 2.45) is 5.73 Å². The molecule has 100 valence electrons. The maximum Gasteiger partial charge on any atom is 0.234 e. The number of nitrogens with zero attached hydrogens (tertiary/aromatic N) is 1. The predicted molar refractivity (Wildman–Crippen MR) is 71.4 cm³/mol. The van der Waals surface area contributed by atoms with Gasteiger partial charge in [-0.15, -0.1) is 0 Å². The number of hydrogen-bond donors (Lipinski definition) is 2. The van der Waals surface area contributed by atoms with Gasteiger partial charge in [-0.1, -0.05) is 12.1 Å². The summed E-state index contributed by atoms with van der Waals surface area (Å²) < 4.78 is 5.57. The van der Waals surface area contributed by atoms with Crippen molar-refractivity contribution in [2.45, 2.75) is 6.54 Å². The van der Waals surface area contributed by atoms with Gasteiger partial charge in [-0.3, -0.25) is 4.79 Å². The molecule has 0 saturated heterocycles. The Morgan fingerprint density at radius 1 is 1.33 bits per heavy atom. The monoisotopic (exact) mass is 251 g/mol. The molecule has 0 aliphatic rings. The van der Waals surface area contributed by atoms with Gasteiger partial charge in [0, 0.05) is 13.1 Å². The zero-order valence-corrected chi connectivity index (χ0v) is 11.0. The van der Waals surface area contributed by atoms with Crippen molar-refractivity contribution >= 4 is 5.91 Å². The van der Waals surface area contributed by atoms with E-state index in [1.165, 1.54) is 0 Å². The van der Waals surface area contributed by atoms with E-state index in [1.807, 2.05) is 38.4 Å². The Kier molecular flexibility index (Phi) is 6.18. The Balaban J connectivity index is 2.35. The zero-order chi connectivity index (χ0) is 13.4. The fourth-order valence-electron chi connectivity index (χ4n) is 1.32. The molecule has 0 aliphatic heterocycles. The molecule has 0 heterocycles. The third-order valence-corrected chi connectivity index (χ3v) is 2.41. The second-order valence-electron chi connectivity index (χ2n) is 4.28. The van der Waals surface area contributed by atoms with E-state index in [2.05, 4.69) is 10.2 Å². The molecule has 0 bridgehead atoms. The largest absolute Gasteiger partial charge is 0.492 e. The second-order valence-corrected chi connectivity index (χ2v) is 4.28. The first-order chi connectivity index (χ1) is 8.61. The molecule has 0 unspecified atom stereocenters. The summed E-state index contributed by atoms with van der Waals surface area (Å²) in [5, 5.41) is 2.71. The fourth-order valence-corrected chi connectivity index (χ4v) is 1.32. The predicted octanol–water partition coefficient (Wildman–Crippen LogP) is 0.202. The van der Waals surface area contributed by atoms with Crippen molar-refractivity contribution in [3.63, 3.8) is 0 Å². The molecule has 0 aliphatic carbocycles. The summed E-state index contributed by atoms with van der Waals surface area (Å²) in [7, 11) is 4.01. The van der Waals surface area contributed by atoms with Crippen LogP contribution in [0, 0.1) is 0 Å². The number of nitrogens with two attached hydrogens (primary N) is 1. The lowest BCUT2D eigenvalue weighted by atomic mass is 10.2. The van der Waals surface area contributed by atoms with Crippen LogP contribution in [0.25, 0.3) is 0 Å². The average molecular weight is 251 g/mol. The van der Waals surface area contributed by atoms with Gasteiger partial charge in [0.15, 0.2) is 0 Å². The van der Waals surface area contributed by atoms with Gasteiger partial charge < -0.3 is 20.7 Å². The number of likely N-dealkylation sites (N-methyl/N-ethyl adjacent to an activating group) is 1. The van der Waals surface area contributed by atoms with Gasteiger partial charge in [-0.2, -0.15) is 0 Å². The lowest BCUT2D eigenvalue weighted by Gasteiger charge is -2.11. The summed E-state index contributed by atoms with van der Waals surface area (Å²) in [5.74, 6) is 0.687. The van der Waals surface area contributed by atoms with E-state index >= 15 is 0 Å². The number of carbonyl (C=O) groups is 1. The molecule has 0 aromatic heterocycles. The lowest BCUT2D eigenvalue weighted by molar-refractivity contribution is -0.119. The van der Waals surface area contributed by atoms with Crippen molar-refractivity contribution in [1.29, 1.82) is 0 Å². The number of carbonyl (C=O) groups excluding carboxylic acids is 1. The Morgan fingerprint density at radius 3 is 2.56 bits per heavy atom. The molecule has 0 saturated carbocycles. The molecule has 3 N–H and O–H groups in total. The van der Waals surface area contributed by atoms with Crippen LogP contribution in [0.2, 0.25) is 0 Å². The lowest BCUT2D eigenvalue weighted by Crippen LogP contribution is -2.29. The van der Waals surface area contributed by atoms with Crippen LogP contribution in [-0.4, -0.2) is 44.6 Å². The summed E-state index contributed by atoms with van der Waals surface area (Å²) in [4.78, 5) is 13.1. The number of ether oxygens (including phenoxy) is 1. The van der Waals surface area contributed by atoms with Crippen molar-refractivity contribution < 1.29 is 9.53 Å². The smallest absolute Gasteiger partial charge is 0.234 e. The first kappa shape index (κ1) is 14.5. The summed E-state index contributed by atoms with van der Waals surface area (Å²) in [6, 6.07) is 7.67. The van der Waals surface area contributed by atoms with E-state index in [1.54, 1.807) is 0 Å². The number of amides is 1. The normalized spacial score (nSPS) is 10.4. The van der Waals surface area contributed by atoms with E-state index in [9.17, 15) is 4.79 Å². The van der Waals surface area contributed by atoms with Crippen LogP contribution in [0.4, 0.5) is 0 Å². The molecule has 5 nitrogen and oxygen atoms in total. The molecule has 1 rings (SSSR count). The van der Waals surface area contributed by atoms with Crippen molar-refractivity contribution in [3.8, 4) is 5.75 Å². The Hall–Kier alpha value is -1.59. The first-order valence-corrected chi connectivity index (χ1v) is 5.95. The van der Waals surface area contributed by atoms with Gasteiger partial charge in [-0.25, -0.2) is 0 Å². The maximum atomic E-state index is 11.0. The van der Waals surface area contributed by atoms with Gasteiger partial charge in [0.25, 0.3) is 0 Å². The highest BCUT2D eigenvalue weighted by molar-refractivity contribution is 5.77. The summed E-state index contributed by atoms with van der Waals surface area (Å²) in [5.41, 5.74) is 6.23. The number of rotatable bonds is 7. The maximum absolute atomic E-state index is 11.0. The van der Waals surface area contributed by atoms with Gasteiger partial charge >= 0.3 is 0 Å². The third kappa shape index (κ3) is 5.65. The molecule has 0 fully saturated rings. The van der Waals surface area contributed by atoms with Crippen molar-refractivity contribution in [3.05, 3.63) is 29.8 Å². The molecule has 18 heavy (non-hydrogen) atoms. The highest BCUT2D eigenvalue weighted by Gasteiger charge is 1.99. The van der Waals surface area contributed by atoms with E-state index in [-0.39, 0.29) is 12.5 Å². The average Bonchev–Trinajstić information content (AvgIpc) is 2.37. The SMILES string of the molecule is CN(C)CCOc1ccc(CNC(=O)CN)cc1. The van der Waals surface area contributed by atoms with Crippen LogP contribution in [0.5, 0.6) is 5.75 Å². The summed E-state index contributed by atoms with van der Waals surface area (Å²) in [6.45, 7) is 2.06. The second kappa shape index (κ2) is 7.68. The third-order valence-electron chi connectivity index (χ3n) is 2.41. The summed E-state index contributed by atoms with van der Waals surface area (Å²) in [6.07, 6.45) is 0. The van der Waals surface area contributed by atoms with Crippen LogP contribution >= 0.6 is 0 Å². The van der Waals surface area contributed by atoms with Gasteiger partial charge in [0.05, 0.1) is 6.54 Å². The Morgan fingerprint density at radius 2 is 2.00 bits per heavy atom. The zero-order valence-electron chi connectivity index (χ0n) is 11.0. The molecule has 0 spiro atoms. The Labute approximate surface area is 108 Å². The highest BCUT2D eigenvalue weighted by atomic mass is 16.5. The van der Waals surface area contributed by atoms with Crippen LogP contribution in [0.1, 0.15) is 5.56 Å². The van der Waals surface area contributed by atoms with Crippen LogP contribution in [0.3, 0.4) is 0 Å². The number of nitrogens with one attached hydrogen (secondary N) is 1. The van der Waals surface area contributed by atoms with Gasteiger partial charge in [0.1, 0.15) is 12.4 Å². The molecule has 0 atom stereocenters. The van der Waals surface area contributed by atoms with Gasteiger partial charge in [-0.05, 0) is 31.8 Å². The van der Waals surface area contributed by atoms with Crippen LogP contribution in [0.15, 0.2) is 24.3 Å². The first-order valence-electron chi connectivity index (χ1n) is 5.95. The van der Waals surface area contributed by atoms with Gasteiger partial charge in [0.2, 0.25) is 5.91 Å². The van der Waals surface area contributed by atoms with Crippen LogP contribution in [-0.2, 0) is 11.3 Å². The quantitative estimate of drug-likeness (QED) is 0.726. The van der Waals surface area contributed by atoms with E-state index in [0.717, 1.165) is 17.9 Å². The molecular formula is C13H21N3O2. The standard InChI is InChI=1S/C13H21N3O2/c1-16(2)7-8-18-12-5-3-11(4-6-12)10-15-13(17)9-14/h3-6H,7-10,14H2,1-2H3,(H,15,17). The Bertz CT molecular complexity index is 363. The van der Waals surface area contributed by atoms with E-state index in [4.69, 9.17) is 10.5 Å². The van der Waals surface area contributed by atoms with Crippen LogP contribution < -0.4 is 15.8 Å². The highest BCUT2D eigenvalue weighted by Crippen LogP contribution is 2.11.